The van der Waals surface area contributed by atoms with Crippen LogP contribution in [0.4, 0.5) is 0 Å². The Balaban J connectivity index is 1.91. The molecule has 0 saturated carbocycles. The number of aliphatic hydroxyl groups is 1. The van der Waals surface area contributed by atoms with Gasteiger partial charge in [-0.05, 0) is 41.3 Å². The number of benzene rings is 2. The lowest BCUT2D eigenvalue weighted by atomic mass is 9.93. The standard InChI is InChI=1S/C17H14ClNO/c18-10-5-6-16-14(7-10)15(9-19-16)13-8-17(20)12-4-2-1-3-11(12)13/h1-7,9,13,17,19-20H,8H2/t13-,17+/m0/s1. The molecule has 2 N–H and O–H groups in total. The van der Waals surface area contributed by atoms with E-state index in [9.17, 15) is 5.11 Å². The summed E-state index contributed by atoms with van der Waals surface area (Å²) in [5.41, 5.74) is 4.57. The SMILES string of the molecule is O[C@@H]1C[C@H](c2c[nH]c3ccc(Cl)cc23)c2ccccc21. The fraction of sp³-hybridized carbons (Fsp3) is 0.176. The van der Waals surface area contributed by atoms with E-state index >= 15 is 0 Å². The number of hydrogen-bond donors (Lipinski definition) is 2. The van der Waals surface area contributed by atoms with Crippen LogP contribution in [0.25, 0.3) is 10.9 Å². The molecule has 4 rings (SSSR count). The number of halogens is 1. The fourth-order valence-corrected chi connectivity index (χ4v) is 3.48. The van der Waals surface area contributed by atoms with Gasteiger partial charge in [0.25, 0.3) is 0 Å². The number of nitrogens with one attached hydrogen (secondary N) is 1. The van der Waals surface area contributed by atoms with Gasteiger partial charge >= 0.3 is 0 Å². The highest BCUT2D eigenvalue weighted by molar-refractivity contribution is 6.31. The molecule has 1 aromatic heterocycles. The molecule has 0 aliphatic heterocycles. The average molecular weight is 284 g/mol. The van der Waals surface area contributed by atoms with Crippen molar-refractivity contribution in [1.82, 2.24) is 4.98 Å². The van der Waals surface area contributed by atoms with E-state index in [4.69, 9.17) is 11.6 Å². The molecule has 1 aliphatic rings. The molecule has 2 atom stereocenters. The van der Waals surface area contributed by atoms with E-state index in [1.165, 1.54) is 11.1 Å². The molecule has 0 fully saturated rings. The highest BCUT2D eigenvalue weighted by Gasteiger charge is 2.31. The van der Waals surface area contributed by atoms with Crippen LogP contribution in [0.1, 0.15) is 35.1 Å². The van der Waals surface area contributed by atoms with E-state index in [1.807, 2.05) is 42.6 Å². The third-order valence-corrected chi connectivity index (χ3v) is 4.48. The third kappa shape index (κ3) is 1.69. The molecule has 0 radical (unpaired) electrons. The van der Waals surface area contributed by atoms with Crippen molar-refractivity contribution in [3.63, 3.8) is 0 Å². The first kappa shape index (κ1) is 12.0. The number of fused-ring (bicyclic) bond motifs is 2. The number of hydrogen-bond acceptors (Lipinski definition) is 1. The normalized spacial score (nSPS) is 21.3. The van der Waals surface area contributed by atoms with Gasteiger partial charge in [0.05, 0.1) is 6.10 Å². The molecular formula is C17H14ClNO. The van der Waals surface area contributed by atoms with Gasteiger partial charge in [0.15, 0.2) is 0 Å². The number of H-pyrrole nitrogens is 1. The van der Waals surface area contributed by atoms with E-state index < -0.39 is 0 Å². The Labute approximate surface area is 122 Å². The zero-order chi connectivity index (χ0) is 13.7. The number of rotatable bonds is 1. The van der Waals surface area contributed by atoms with Crippen molar-refractivity contribution >= 4 is 22.5 Å². The summed E-state index contributed by atoms with van der Waals surface area (Å²) in [6.07, 6.45) is 2.40. The van der Waals surface area contributed by atoms with Gasteiger partial charge in [-0.2, -0.15) is 0 Å². The van der Waals surface area contributed by atoms with Gasteiger partial charge < -0.3 is 10.1 Å². The second-order valence-corrected chi connectivity index (χ2v) is 5.80. The summed E-state index contributed by atoms with van der Waals surface area (Å²) in [5, 5.41) is 12.1. The Morgan fingerprint density at radius 1 is 1.05 bits per heavy atom. The molecule has 1 aliphatic carbocycles. The minimum Gasteiger partial charge on any atom is -0.388 e. The van der Waals surface area contributed by atoms with Crippen LogP contribution in [0.3, 0.4) is 0 Å². The predicted molar refractivity (Wildman–Crippen MR) is 81.2 cm³/mol. The van der Waals surface area contributed by atoms with Gasteiger partial charge in [-0.3, -0.25) is 0 Å². The molecule has 3 aromatic rings. The molecule has 0 saturated heterocycles. The predicted octanol–water partition coefficient (Wildman–Crippen LogP) is 4.39. The maximum atomic E-state index is 10.2. The van der Waals surface area contributed by atoms with Crippen molar-refractivity contribution in [2.75, 3.05) is 0 Å². The molecule has 2 aromatic carbocycles. The van der Waals surface area contributed by atoms with Crippen molar-refractivity contribution in [3.05, 3.63) is 70.4 Å². The number of aliphatic hydroxyl groups excluding tert-OH is 1. The summed E-state index contributed by atoms with van der Waals surface area (Å²) in [6, 6.07) is 14.0. The highest BCUT2D eigenvalue weighted by atomic mass is 35.5. The molecule has 3 heteroatoms. The molecule has 0 bridgehead atoms. The fourth-order valence-electron chi connectivity index (χ4n) is 3.31. The smallest absolute Gasteiger partial charge is 0.0802 e. The second-order valence-electron chi connectivity index (χ2n) is 5.37. The molecule has 1 heterocycles. The van der Waals surface area contributed by atoms with Crippen molar-refractivity contribution < 1.29 is 5.11 Å². The Kier molecular flexibility index (Phi) is 2.62. The van der Waals surface area contributed by atoms with Crippen molar-refractivity contribution in [2.45, 2.75) is 18.4 Å². The van der Waals surface area contributed by atoms with Crippen LogP contribution >= 0.6 is 11.6 Å². The lowest BCUT2D eigenvalue weighted by Crippen LogP contribution is -1.95. The summed E-state index contributed by atoms with van der Waals surface area (Å²) < 4.78 is 0. The minimum atomic E-state index is -0.375. The largest absolute Gasteiger partial charge is 0.388 e. The van der Waals surface area contributed by atoms with Crippen LogP contribution in [0.2, 0.25) is 5.02 Å². The number of aromatic amines is 1. The molecule has 0 unspecified atom stereocenters. The zero-order valence-corrected chi connectivity index (χ0v) is 11.6. The van der Waals surface area contributed by atoms with Gasteiger partial charge in [-0.15, -0.1) is 0 Å². The van der Waals surface area contributed by atoms with E-state index in [0.29, 0.717) is 0 Å². The van der Waals surface area contributed by atoms with E-state index in [-0.39, 0.29) is 12.0 Å². The van der Waals surface area contributed by atoms with E-state index in [1.54, 1.807) is 0 Å². The van der Waals surface area contributed by atoms with E-state index in [0.717, 1.165) is 27.9 Å². The maximum absolute atomic E-state index is 10.2. The number of aromatic nitrogens is 1. The Bertz CT molecular complexity index is 793. The van der Waals surface area contributed by atoms with Crippen LogP contribution in [0.15, 0.2) is 48.7 Å². The van der Waals surface area contributed by atoms with Crippen molar-refractivity contribution in [2.24, 2.45) is 0 Å². The topological polar surface area (TPSA) is 36.0 Å². The summed E-state index contributed by atoms with van der Waals surface area (Å²) in [4.78, 5) is 3.30. The Morgan fingerprint density at radius 3 is 2.70 bits per heavy atom. The van der Waals surface area contributed by atoms with Gasteiger partial charge in [-0.25, -0.2) is 0 Å². The minimum absolute atomic E-state index is 0.230. The molecule has 20 heavy (non-hydrogen) atoms. The molecule has 0 amide bonds. The van der Waals surface area contributed by atoms with Crippen LogP contribution in [0, 0.1) is 0 Å². The Morgan fingerprint density at radius 2 is 1.85 bits per heavy atom. The van der Waals surface area contributed by atoms with Crippen LogP contribution in [-0.2, 0) is 0 Å². The second kappa shape index (κ2) is 4.37. The van der Waals surface area contributed by atoms with Gasteiger partial charge in [0.1, 0.15) is 0 Å². The van der Waals surface area contributed by atoms with Crippen LogP contribution in [0.5, 0.6) is 0 Å². The summed E-state index contributed by atoms with van der Waals surface area (Å²) >= 11 is 6.12. The zero-order valence-electron chi connectivity index (χ0n) is 10.8. The van der Waals surface area contributed by atoms with Crippen LogP contribution in [-0.4, -0.2) is 10.1 Å². The molecule has 0 spiro atoms. The quantitative estimate of drug-likeness (QED) is 0.683. The van der Waals surface area contributed by atoms with Crippen LogP contribution < -0.4 is 0 Å². The monoisotopic (exact) mass is 283 g/mol. The van der Waals surface area contributed by atoms with Gasteiger partial charge in [0, 0.05) is 28.0 Å². The average Bonchev–Trinajstić information content (AvgIpc) is 3.00. The molecule has 100 valence electrons. The molecular weight excluding hydrogens is 270 g/mol. The lowest BCUT2D eigenvalue weighted by Gasteiger charge is -2.10. The molecule has 2 nitrogen and oxygen atoms in total. The van der Waals surface area contributed by atoms with E-state index in [2.05, 4.69) is 11.1 Å². The summed E-state index contributed by atoms with van der Waals surface area (Å²) in [5.74, 6) is 0.230. The summed E-state index contributed by atoms with van der Waals surface area (Å²) in [6.45, 7) is 0. The first-order valence-corrected chi connectivity index (χ1v) is 7.15. The van der Waals surface area contributed by atoms with Crippen molar-refractivity contribution in [3.8, 4) is 0 Å². The maximum Gasteiger partial charge on any atom is 0.0802 e. The first-order valence-electron chi connectivity index (χ1n) is 6.77. The highest BCUT2D eigenvalue weighted by Crippen LogP contribution is 2.45. The first-order chi connectivity index (χ1) is 9.74. The van der Waals surface area contributed by atoms with Gasteiger partial charge in [0.2, 0.25) is 0 Å². The Hall–Kier alpha value is -1.77. The third-order valence-electron chi connectivity index (χ3n) is 4.24. The van der Waals surface area contributed by atoms with Gasteiger partial charge in [-0.1, -0.05) is 35.9 Å². The lowest BCUT2D eigenvalue weighted by molar-refractivity contribution is 0.176. The summed E-state index contributed by atoms with van der Waals surface area (Å²) in [7, 11) is 0. The van der Waals surface area contributed by atoms with Crippen molar-refractivity contribution in [1.29, 1.82) is 0 Å².